The van der Waals surface area contributed by atoms with Gasteiger partial charge in [-0.05, 0) is 41.6 Å². The van der Waals surface area contributed by atoms with Crippen LogP contribution >= 0.6 is 22.6 Å². The Labute approximate surface area is 90.9 Å². The molecule has 1 aromatic rings. The molecular formula is C9H12INO2. The molecule has 0 fully saturated rings. The second kappa shape index (κ2) is 4.76. The molecule has 3 nitrogen and oxygen atoms in total. The van der Waals surface area contributed by atoms with E-state index in [1.54, 1.807) is 23.9 Å². The van der Waals surface area contributed by atoms with Crippen molar-refractivity contribution in [3.05, 3.63) is 32.3 Å². The first kappa shape index (κ1) is 10.7. The molecule has 0 aromatic carbocycles. The van der Waals surface area contributed by atoms with Crippen LogP contribution in [0, 0.1) is 3.57 Å². The lowest BCUT2D eigenvalue weighted by atomic mass is 10.4. The first-order valence-corrected chi connectivity index (χ1v) is 5.10. The summed E-state index contributed by atoms with van der Waals surface area (Å²) in [5.41, 5.74) is 0.0481. The minimum absolute atomic E-state index is 0.0481. The number of hydrogen-bond acceptors (Lipinski definition) is 2. The van der Waals surface area contributed by atoms with E-state index in [9.17, 15) is 4.79 Å². The van der Waals surface area contributed by atoms with E-state index in [-0.39, 0.29) is 11.7 Å². The summed E-state index contributed by atoms with van der Waals surface area (Å²) in [6.07, 6.45) is 1.84. The maximum Gasteiger partial charge on any atom is 0.264 e. The molecule has 1 unspecified atom stereocenters. The fourth-order valence-electron chi connectivity index (χ4n) is 1.00. The summed E-state index contributed by atoms with van der Waals surface area (Å²) in [5, 5.41) is 0. The van der Waals surface area contributed by atoms with Crippen molar-refractivity contribution in [2.24, 2.45) is 0 Å². The lowest BCUT2D eigenvalue weighted by Crippen LogP contribution is -2.26. The van der Waals surface area contributed by atoms with Crippen molar-refractivity contribution in [2.45, 2.75) is 19.6 Å². The molecular weight excluding hydrogens is 281 g/mol. The number of rotatable bonds is 3. The van der Waals surface area contributed by atoms with Crippen molar-refractivity contribution >= 4 is 22.6 Å². The van der Waals surface area contributed by atoms with Crippen molar-refractivity contribution in [1.29, 1.82) is 0 Å². The molecule has 0 saturated carbocycles. The smallest absolute Gasteiger partial charge is 0.264 e. The van der Waals surface area contributed by atoms with Gasteiger partial charge in [0.15, 0.2) is 0 Å². The highest BCUT2D eigenvalue weighted by molar-refractivity contribution is 14.1. The molecule has 72 valence electrons. The molecule has 0 amide bonds. The molecule has 0 saturated heterocycles. The molecule has 0 N–H and O–H groups in total. The summed E-state index contributed by atoms with van der Waals surface area (Å²) in [6.45, 7) is 2.54. The largest absolute Gasteiger partial charge is 0.380 e. The predicted octanol–water partition coefficient (Wildman–Crippen LogP) is 1.49. The zero-order chi connectivity index (χ0) is 9.84. The fourth-order valence-corrected chi connectivity index (χ4v) is 1.52. The first-order chi connectivity index (χ1) is 6.15. The van der Waals surface area contributed by atoms with E-state index in [1.165, 1.54) is 0 Å². The monoisotopic (exact) mass is 293 g/mol. The van der Waals surface area contributed by atoms with Gasteiger partial charge >= 0.3 is 0 Å². The van der Waals surface area contributed by atoms with Gasteiger partial charge in [-0.3, -0.25) is 4.79 Å². The fraction of sp³-hybridized carbons (Fsp3) is 0.444. The zero-order valence-electron chi connectivity index (χ0n) is 7.66. The summed E-state index contributed by atoms with van der Waals surface area (Å²) in [5.74, 6) is 0. The van der Waals surface area contributed by atoms with Crippen molar-refractivity contribution in [2.75, 3.05) is 7.11 Å². The van der Waals surface area contributed by atoms with Gasteiger partial charge in [-0.25, -0.2) is 0 Å². The van der Waals surface area contributed by atoms with Gasteiger partial charge in [-0.2, -0.15) is 0 Å². The molecule has 0 bridgehead atoms. The van der Waals surface area contributed by atoms with Crippen LogP contribution in [0.3, 0.4) is 0 Å². The van der Waals surface area contributed by atoms with E-state index in [0.29, 0.717) is 6.54 Å². The van der Waals surface area contributed by atoms with Crippen molar-refractivity contribution in [3.8, 4) is 0 Å². The van der Waals surface area contributed by atoms with Gasteiger partial charge in [0.05, 0.1) is 16.2 Å². The Morgan fingerprint density at radius 2 is 2.38 bits per heavy atom. The molecule has 0 aliphatic rings. The van der Waals surface area contributed by atoms with Crippen LogP contribution in [0.15, 0.2) is 23.1 Å². The SMILES string of the molecule is COC(C)Cn1cccc(I)c1=O. The van der Waals surface area contributed by atoms with Crippen LogP contribution in [0.1, 0.15) is 6.92 Å². The summed E-state index contributed by atoms with van der Waals surface area (Å²) >= 11 is 2.03. The maximum atomic E-state index is 11.5. The van der Waals surface area contributed by atoms with Crippen LogP contribution in [0.5, 0.6) is 0 Å². The standard InChI is InChI=1S/C9H12INO2/c1-7(13-2)6-11-5-3-4-8(10)9(11)12/h3-5,7H,6H2,1-2H3. The van der Waals surface area contributed by atoms with E-state index in [1.807, 2.05) is 35.6 Å². The number of ether oxygens (including phenoxy) is 1. The van der Waals surface area contributed by atoms with Crippen molar-refractivity contribution in [3.63, 3.8) is 0 Å². The molecule has 0 aliphatic heterocycles. The number of methoxy groups -OCH3 is 1. The molecule has 0 spiro atoms. The Kier molecular flexibility index (Phi) is 3.92. The van der Waals surface area contributed by atoms with Gasteiger partial charge in [-0.1, -0.05) is 0 Å². The maximum absolute atomic E-state index is 11.5. The van der Waals surface area contributed by atoms with Crippen LogP contribution in [0.25, 0.3) is 0 Å². The minimum Gasteiger partial charge on any atom is -0.380 e. The van der Waals surface area contributed by atoms with Gasteiger partial charge in [0.25, 0.3) is 5.56 Å². The molecule has 1 rings (SSSR count). The minimum atomic E-state index is 0.0481. The van der Waals surface area contributed by atoms with Crippen LogP contribution in [-0.4, -0.2) is 17.8 Å². The molecule has 1 atom stereocenters. The van der Waals surface area contributed by atoms with Gasteiger partial charge in [0.1, 0.15) is 0 Å². The van der Waals surface area contributed by atoms with Crippen LogP contribution in [0.4, 0.5) is 0 Å². The topological polar surface area (TPSA) is 31.2 Å². The van der Waals surface area contributed by atoms with Crippen molar-refractivity contribution < 1.29 is 4.74 Å². The van der Waals surface area contributed by atoms with Gasteiger partial charge in [-0.15, -0.1) is 0 Å². The van der Waals surface area contributed by atoms with Gasteiger partial charge in [0, 0.05) is 13.3 Å². The Balaban J connectivity index is 2.89. The van der Waals surface area contributed by atoms with Gasteiger partial charge < -0.3 is 9.30 Å². The van der Waals surface area contributed by atoms with E-state index in [0.717, 1.165) is 3.57 Å². The number of hydrogen-bond donors (Lipinski definition) is 0. The van der Waals surface area contributed by atoms with E-state index in [4.69, 9.17) is 4.74 Å². The van der Waals surface area contributed by atoms with Crippen LogP contribution < -0.4 is 5.56 Å². The third-order valence-corrected chi connectivity index (χ3v) is 2.65. The van der Waals surface area contributed by atoms with E-state index < -0.39 is 0 Å². The van der Waals surface area contributed by atoms with E-state index >= 15 is 0 Å². The number of nitrogens with zero attached hydrogens (tertiary/aromatic N) is 1. The third-order valence-electron chi connectivity index (χ3n) is 1.83. The third kappa shape index (κ3) is 2.80. The zero-order valence-corrected chi connectivity index (χ0v) is 9.82. The van der Waals surface area contributed by atoms with Crippen molar-refractivity contribution in [1.82, 2.24) is 4.57 Å². The first-order valence-electron chi connectivity index (χ1n) is 4.03. The summed E-state index contributed by atoms with van der Waals surface area (Å²) in [6, 6.07) is 3.67. The predicted molar refractivity (Wildman–Crippen MR) is 59.9 cm³/mol. The Bertz CT molecular complexity index is 335. The second-order valence-electron chi connectivity index (χ2n) is 2.86. The quantitative estimate of drug-likeness (QED) is 0.791. The normalized spacial score (nSPS) is 12.8. The van der Waals surface area contributed by atoms with Gasteiger partial charge in [0.2, 0.25) is 0 Å². The summed E-state index contributed by atoms with van der Waals surface area (Å²) in [4.78, 5) is 11.5. The Morgan fingerprint density at radius 3 is 3.00 bits per heavy atom. The molecule has 0 aliphatic carbocycles. The highest BCUT2D eigenvalue weighted by Crippen LogP contribution is 1.98. The second-order valence-corrected chi connectivity index (χ2v) is 4.02. The number of aromatic nitrogens is 1. The average molecular weight is 293 g/mol. The molecule has 1 heterocycles. The number of halogens is 1. The highest BCUT2D eigenvalue weighted by atomic mass is 127. The lowest BCUT2D eigenvalue weighted by Gasteiger charge is -2.11. The lowest BCUT2D eigenvalue weighted by molar-refractivity contribution is 0.102. The highest BCUT2D eigenvalue weighted by Gasteiger charge is 2.03. The van der Waals surface area contributed by atoms with E-state index in [2.05, 4.69) is 0 Å². The average Bonchev–Trinajstić information content (AvgIpc) is 2.13. The Morgan fingerprint density at radius 1 is 1.69 bits per heavy atom. The summed E-state index contributed by atoms with van der Waals surface area (Å²) < 4.78 is 7.49. The molecule has 1 aromatic heterocycles. The van der Waals surface area contributed by atoms with Crippen LogP contribution in [0.2, 0.25) is 0 Å². The van der Waals surface area contributed by atoms with Crippen LogP contribution in [-0.2, 0) is 11.3 Å². The molecule has 4 heteroatoms. The molecule has 13 heavy (non-hydrogen) atoms. The Hall–Kier alpha value is -0.360. The molecule has 0 radical (unpaired) electrons. The number of pyridine rings is 1. The summed E-state index contributed by atoms with van der Waals surface area (Å²) in [7, 11) is 1.64.